The molecule has 0 spiro atoms. The Morgan fingerprint density at radius 1 is 0.909 bits per heavy atom. The van der Waals surface area contributed by atoms with Gasteiger partial charge in [0.2, 0.25) is 4.80 Å². The van der Waals surface area contributed by atoms with E-state index in [0.29, 0.717) is 42.6 Å². The molecular weight excluding hydrogens is 658 g/mol. The molecule has 226 valence electrons. The zero-order chi connectivity index (χ0) is 31.3. The third-order valence-electron chi connectivity index (χ3n) is 6.09. The number of benzene rings is 4. The van der Waals surface area contributed by atoms with Crippen molar-refractivity contribution in [1.82, 2.24) is 9.78 Å². The number of aromatic nitrogens is 2. The predicted molar refractivity (Wildman–Crippen MR) is 162 cm³/mol. The number of carboxylic acids is 1. The van der Waals surface area contributed by atoms with Gasteiger partial charge >= 0.3 is 13.6 Å². The van der Waals surface area contributed by atoms with E-state index >= 15 is 0 Å². The first-order chi connectivity index (χ1) is 21.1. The lowest BCUT2D eigenvalue weighted by Crippen LogP contribution is -2.17. The number of carbonyl (C=O) groups is 1. The van der Waals surface area contributed by atoms with Crippen LogP contribution in [0.5, 0.6) is 11.5 Å². The van der Waals surface area contributed by atoms with Gasteiger partial charge in [-0.3, -0.25) is 4.57 Å². The summed E-state index contributed by atoms with van der Waals surface area (Å²) in [6.45, 7) is 0.256. The third-order valence-corrected chi connectivity index (χ3v) is 9.00. The standard InChI is InChI=1S/C29H20Cl2F2N3O6PS/c30-25-12-11-22(15-26(25)31)34-29-36(16-18-7-9-19(10-8-18)17-43(39,41-32)42-33)35-27(44-29)20-3-1-5-23(13-20)40-24-6-2-4-21(14-24)28(37)38/h1-15H,16-17H2,(H,37,38). The average Bonchev–Trinajstić information content (AvgIpc) is 3.42. The predicted octanol–water partition coefficient (Wildman–Crippen LogP) is 9.18. The van der Waals surface area contributed by atoms with Crippen molar-refractivity contribution in [3.63, 3.8) is 0 Å². The van der Waals surface area contributed by atoms with Crippen LogP contribution in [0.2, 0.25) is 10.0 Å². The van der Waals surface area contributed by atoms with Crippen molar-refractivity contribution in [2.45, 2.75) is 12.7 Å². The molecule has 1 N–H and O–H groups in total. The maximum Gasteiger partial charge on any atom is 0.399 e. The van der Waals surface area contributed by atoms with E-state index in [4.69, 9.17) is 38.0 Å². The normalized spacial score (nSPS) is 12.0. The Hall–Kier alpha value is -3.90. The van der Waals surface area contributed by atoms with Gasteiger partial charge in [-0.2, -0.15) is 5.10 Å². The quantitative estimate of drug-likeness (QED) is 0.139. The lowest BCUT2D eigenvalue weighted by atomic mass is 10.1. The number of hydrogen-bond acceptors (Lipinski definition) is 8. The topological polar surface area (TPSA) is 112 Å². The van der Waals surface area contributed by atoms with Gasteiger partial charge in [-0.25, -0.2) is 14.5 Å². The molecule has 0 bridgehead atoms. The SMILES string of the molecule is O=C(O)c1cccc(Oc2cccc(-c3nn(Cc4ccc(CP(=O)(OF)OF)cc4)c(=Nc4ccc(Cl)c(Cl)c4)s3)c2)c1. The first-order valence-electron chi connectivity index (χ1n) is 12.6. The van der Waals surface area contributed by atoms with E-state index in [1.807, 2.05) is 6.07 Å². The van der Waals surface area contributed by atoms with E-state index in [1.54, 1.807) is 77.5 Å². The van der Waals surface area contributed by atoms with Crippen LogP contribution in [-0.2, 0) is 26.7 Å². The Bertz CT molecular complexity index is 1930. The van der Waals surface area contributed by atoms with Gasteiger partial charge in [0.05, 0.1) is 34.0 Å². The molecule has 0 atom stereocenters. The van der Waals surface area contributed by atoms with Crippen LogP contribution in [-0.4, -0.2) is 20.9 Å². The average molecular weight is 678 g/mol. The third kappa shape index (κ3) is 7.78. The number of aromatic carboxylic acids is 1. The van der Waals surface area contributed by atoms with Crippen molar-refractivity contribution in [1.29, 1.82) is 0 Å². The molecule has 0 radical (unpaired) electrons. The molecule has 0 amide bonds. The van der Waals surface area contributed by atoms with E-state index in [9.17, 15) is 23.5 Å². The fourth-order valence-electron chi connectivity index (χ4n) is 4.00. The summed E-state index contributed by atoms with van der Waals surface area (Å²) in [5, 5.41) is 15.4. The van der Waals surface area contributed by atoms with Crippen LogP contribution in [0.1, 0.15) is 21.5 Å². The van der Waals surface area contributed by atoms with E-state index in [1.165, 1.54) is 23.5 Å². The highest BCUT2D eigenvalue weighted by atomic mass is 35.5. The smallest absolute Gasteiger partial charge is 0.399 e. The van der Waals surface area contributed by atoms with Gasteiger partial charge in [0.1, 0.15) is 16.5 Å². The summed E-state index contributed by atoms with van der Waals surface area (Å²) < 4.78 is 50.7. The van der Waals surface area contributed by atoms with Crippen molar-refractivity contribution in [2.75, 3.05) is 0 Å². The lowest BCUT2D eigenvalue weighted by Gasteiger charge is -2.08. The van der Waals surface area contributed by atoms with Crippen LogP contribution in [0.15, 0.2) is 96.0 Å². The summed E-state index contributed by atoms with van der Waals surface area (Å²) in [5.41, 5.74) is 2.45. The first-order valence-corrected chi connectivity index (χ1v) is 15.9. The number of rotatable bonds is 11. The summed E-state index contributed by atoms with van der Waals surface area (Å²) in [5.74, 6) is -0.230. The molecule has 5 aromatic rings. The van der Waals surface area contributed by atoms with Gasteiger partial charge in [0, 0.05) is 5.56 Å². The van der Waals surface area contributed by atoms with E-state index in [-0.39, 0.29) is 12.1 Å². The van der Waals surface area contributed by atoms with Crippen molar-refractivity contribution < 1.29 is 37.7 Å². The molecule has 4 aromatic carbocycles. The summed E-state index contributed by atoms with van der Waals surface area (Å²) in [6.07, 6.45) is -0.592. The van der Waals surface area contributed by atoms with Gasteiger partial charge in [-0.1, -0.05) is 77.0 Å². The molecule has 0 saturated heterocycles. The Kier molecular flexibility index (Phi) is 9.90. The molecule has 1 aromatic heterocycles. The van der Waals surface area contributed by atoms with Gasteiger partial charge in [0.15, 0.2) is 0 Å². The molecule has 0 aliphatic rings. The molecule has 15 heteroatoms. The van der Waals surface area contributed by atoms with Gasteiger partial charge in [0.25, 0.3) is 0 Å². The number of halogens is 4. The van der Waals surface area contributed by atoms with Crippen molar-refractivity contribution in [3.05, 3.63) is 123 Å². The molecule has 0 aliphatic carbocycles. The molecule has 5 rings (SSSR count). The molecule has 44 heavy (non-hydrogen) atoms. The number of nitrogens with zero attached hydrogens (tertiary/aromatic N) is 3. The van der Waals surface area contributed by atoms with Crippen LogP contribution in [0.25, 0.3) is 10.6 Å². The highest BCUT2D eigenvalue weighted by molar-refractivity contribution is 7.52. The van der Waals surface area contributed by atoms with Crippen LogP contribution < -0.4 is 9.54 Å². The zero-order valence-corrected chi connectivity index (χ0v) is 25.5. The summed E-state index contributed by atoms with van der Waals surface area (Å²) in [4.78, 5) is 16.6. The Morgan fingerprint density at radius 3 is 2.27 bits per heavy atom. The number of ether oxygens (including phenoxy) is 1. The molecule has 0 aliphatic heterocycles. The van der Waals surface area contributed by atoms with Crippen LogP contribution in [0, 0.1) is 0 Å². The molecule has 0 saturated carbocycles. The molecule has 1 heterocycles. The minimum Gasteiger partial charge on any atom is -0.478 e. The van der Waals surface area contributed by atoms with Gasteiger partial charge in [-0.05, 0) is 68.7 Å². The highest BCUT2D eigenvalue weighted by Gasteiger charge is 2.28. The number of carboxylic acid groups (broad SMARTS) is 1. The fraction of sp³-hybridized carbons (Fsp3) is 0.0690. The molecule has 0 fully saturated rings. The maximum atomic E-state index is 12.5. The highest BCUT2D eigenvalue weighted by Crippen LogP contribution is 2.52. The van der Waals surface area contributed by atoms with E-state index < -0.39 is 19.7 Å². The molecular formula is C29H20Cl2F2N3O6PS. The van der Waals surface area contributed by atoms with Crippen LogP contribution in [0.4, 0.5) is 14.7 Å². The minimum atomic E-state index is -4.52. The number of hydrogen-bond donors (Lipinski definition) is 1. The largest absolute Gasteiger partial charge is 0.478 e. The van der Waals surface area contributed by atoms with E-state index in [2.05, 4.69) is 9.46 Å². The lowest BCUT2D eigenvalue weighted by molar-refractivity contribution is -0.0881. The zero-order valence-electron chi connectivity index (χ0n) is 22.3. The van der Waals surface area contributed by atoms with Crippen molar-refractivity contribution >= 4 is 53.8 Å². The molecule has 0 unspecified atom stereocenters. The Balaban J connectivity index is 1.48. The summed E-state index contributed by atoms with van der Waals surface area (Å²) in [7, 11) is -4.52. The van der Waals surface area contributed by atoms with Gasteiger partial charge < -0.3 is 9.84 Å². The van der Waals surface area contributed by atoms with Crippen LogP contribution >= 0.6 is 42.1 Å². The monoisotopic (exact) mass is 677 g/mol. The first kappa shape index (κ1) is 31.5. The second kappa shape index (κ2) is 13.8. The van der Waals surface area contributed by atoms with Crippen molar-refractivity contribution in [2.24, 2.45) is 4.99 Å². The fourth-order valence-corrected chi connectivity index (χ4v) is 5.99. The minimum absolute atomic E-state index is 0.0988. The second-order valence-corrected chi connectivity index (χ2v) is 12.8. The van der Waals surface area contributed by atoms with Crippen molar-refractivity contribution in [3.8, 4) is 22.1 Å². The van der Waals surface area contributed by atoms with Gasteiger partial charge in [-0.15, -0.1) is 9.46 Å². The molecule has 9 nitrogen and oxygen atoms in total. The Morgan fingerprint density at radius 2 is 1.59 bits per heavy atom. The van der Waals surface area contributed by atoms with Crippen LogP contribution in [0.3, 0.4) is 0 Å². The maximum absolute atomic E-state index is 12.5. The van der Waals surface area contributed by atoms with E-state index in [0.717, 1.165) is 11.1 Å². The summed E-state index contributed by atoms with van der Waals surface area (Å²) in [6, 6.07) is 24.7. The summed E-state index contributed by atoms with van der Waals surface area (Å²) >= 11 is 13.6. The Labute approximate surface area is 262 Å². The second-order valence-electron chi connectivity index (χ2n) is 9.24.